The normalized spacial score (nSPS) is 12.6. The first-order chi connectivity index (χ1) is 15.7. The fourth-order valence-corrected chi connectivity index (χ4v) is 5.42. The van der Waals surface area contributed by atoms with Gasteiger partial charge in [-0.3, -0.25) is 13.6 Å². The van der Waals surface area contributed by atoms with E-state index in [1.54, 1.807) is 4.40 Å². The number of aromatic nitrogens is 4. The molecule has 5 heteroatoms. The second-order valence-electron chi connectivity index (χ2n) is 8.34. The van der Waals surface area contributed by atoms with Crippen LogP contribution in [-0.4, -0.2) is 18.8 Å². The van der Waals surface area contributed by atoms with Crippen molar-refractivity contribution in [3.05, 3.63) is 88.5 Å². The molecule has 0 aliphatic carbocycles. The summed E-state index contributed by atoms with van der Waals surface area (Å²) in [5, 5.41) is 6.53. The number of nitrogens with zero attached hydrogens (tertiary/aromatic N) is 4. The van der Waals surface area contributed by atoms with Gasteiger partial charge in [0.15, 0.2) is 0 Å². The lowest BCUT2D eigenvalue weighted by atomic mass is 9.96. The summed E-state index contributed by atoms with van der Waals surface area (Å²) in [6.45, 7) is 4.42. The predicted octanol–water partition coefficient (Wildman–Crippen LogP) is 4.68. The molecule has 4 aromatic carbocycles. The van der Waals surface area contributed by atoms with Gasteiger partial charge in [0.05, 0.1) is 22.1 Å². The molecular formula is C27H14N4O. The van der Waals surface area contributed by atoms with Crippen LogP contribution in [0.3, 0.4) is 0 Å². The summed E-state index contributed by atoms with van der Waals surface area (Å²) in [5.74, 6) is 0. The van der Waals surface area contributed by atoms with Crippen LogP contribution in [0, 0.1) is 0 Å². The minimum atomic E-state index is -0.0467. The Hall–Kier alpha value is -4.51. The maximum Gasteiger partial charge on any atom is 0.264 e. The van der Waals surface area contributed by atoms with E-state index in [9.17, 15) is 4.79 Å². The van der Waals surface area contributed by atoms with Crippen molar-refractivity contribution >= 4 is 72.3 Å². The zero-order valence-electron chi connectivity index (χ0n) is 16.8. The molecule has 0 aliphatic heterocycles. The number of fused-ring (bicyclic) bond motifs is 8. The van der Waals surface area contributed by atoms with E-state index in [2.05, 4.69) is 29.2 Å². The Morgan fingerprint density at radius 1 is 0.594 bits per heavy atom. The number of benzene rings is 4. The summed E-state index contributed by atoms with van der Waals surface area (Å²) in [4.78, 5) is 23.4. The molecule has 0 aliphatic rings. The van der Waals surface area contributed by atoms with Crippen LogP contribution in [0.1, 0.15) is 0 Å². The molecule has 0 saturated carbocycles. The van der Waals surface area contributed by atoms with Crippen molar-refractivity contribution in [2.45, 2.75) is 0 Å². The molecule has 0 amide bonds. The molecule has 0 spiro atoms. The van der Waals surface area contributed by atoms with Crippen LogP contribution >= 0.6 is 0 Å². The van der Waals surface area contributed by atoms with E-state index < -0.39 is 0 Å². The number of para-hydroxylation sites is 4. The fraction of sp³-hybridized carbons (Fsp3) is 0. The van der Waals surface area contributed by atoms with Gasteiger partial charge in [0, 0.05) is 37.7 Å². The van der Waals surface area contributed by atoms with Crippen molar-refractivity contribution in [2.75, 3.05) is 0 Å². The highest BCUT2D eigenvalue weighted by Crippen LogP contribution is 2.36. The Morgan fingerprint density at radius 2 is 1.09 bits per heavy atom. The lowest BCUT2D eigenvalue weighted by molar-refractivity contribution is 1.19. The standard InChI is InChI=1S/C27H14N4O/c1-14-15-10-11-17-24-18(27(32)31-22-9-5-3-7-20(22)29-26(17)31)13-12-16(23(15)24)25-28-19-6-2-4-8-21(19)30(14)25/h2-13H,1H2. The number of hydrogen-bond acceptors (Lipinski definition) is 3. The van der Waals surface area contributed by atoms with Crippen molar-refractivity contribution in [2.24, 2.45) is 0 Å². The van der Waals surface area contributed by atoms with Gasteiger partial charge in [-0.15, -0.1) is 0 Å². The predicted molar refractivity (Wildman–Crippen MR) is 130 cm³/mol. The molecule has 32 heavy (non-hydrogen) atoms. The first kappa shape index (κ1) is 16.2. The number of pyridine rings is 2. The van der Waals surface area contributed by atoms with Crippen molar-refractivity contribution in [1.29, 1.82) is 0 Å². The van der Waals surface area contributed by atoms with E-state index >= 15 is 0 Å². The Bertz CT molecular complexity index is 2030. The van der Waals surface area contributed by atoms with E-state index in [1.807, 2.05) is 54.6 Å². The zero-order valence-corrected chi connectivity index (χ0v) is 16.8. The van der Waals surface area contributed by atoms with E-state index in [4.69, 9.17) is 9.97 Å². The summed E-state index contributed by atoms with van der Waals surface area (Å²) in [5.41, 5.74) is 5.12. The maximum atomic E-state index is 13.6. The average Bonchev–Trinajstić information content (AvgIpc) is 3.40. The van der Waals surface area contributed by atoms with Gasteiger partial charge in [0.1, 0.15) is 11.3 Å². The van der Waals surface area contributed by atoms with Crippen LogP contribution in [0.5, 0.6) is 0 Å². The third-order valence-electron chi connectivity index (χ3n) is 6.78. The van der Waals surface area contributed by atoms with Gasteiger partial charge in [-0.05, 0) is 42.5 Å². The smallest absolute Gasteiger partial charge is 0.264 e. The highest BCUT2D eigenvalue weighted by Gasteiger charge is 2.20. The molecule has 148 valence electrons. The minimum Gasteiger partial charge on any atom is -0.292 e. The van der Waals surface area contributed by atoms with Crippen LogP contribution in [-0.2, 0) is 0 Å². The molecule has 0 N–H and O–H groups in total. The Labute approximate surface area is 179 Å². The SMILES string of the molecule is C=c1c2ccc3c4c(ccc(c24)c2nc4ccccc4n12)c(=O)n1c2ccccc2nc31. The third-order valence-corrected chi connectivity index (χ3v) is 6.78. The lowest BCUT2D eigenvalue weighted by Crippen LogP contribution is -2.16. The molecule has 0 atom stereocenters. The Kier molecular flexibility index (Phi) is 2.64. The van der Waals surface area contributed by atoms with Crippen molar-refractivity contribution in [3.63, 3.8) is 0 Å². The number of hydrogen-bond donors (Lipinski definition) is 0. The van der Waals surface area contributed by atoms with Crippen molar-refractivity contribution in [3.8, 4) is 0 Å². The van der Waals surface area contributed by atoms with E-state index in [0.717, 1.165) is 60.0 Å². The molecule has 4 aromatic heterocycles. The molecule has 4 heterocycles. The quantitative estimate of drug-likeness (QED) is 0.341. The van der Waals surface area contributed by atoms with E-state index in [0.29, 0.717) is 11.0 Å². The van der Waals surface area contributed by atoms with Gasteiger partial charge < -0.3 is 0 Å². The first-order valence-corrected chi connectivity index (χ1v) is 10.5. The molecule has 8 aromatic rings. The molecular weight excluding hydrogens is 396 g/mol. The lowest BCUT2D eigenvalue weighted by Gasteiger charge is -2.13. The largest absolute Gasteiger partial charge is 0.292 e. The van der Waals surface area contributed by atoms with Gasteiger partial charge in [-0.1, -0.05) is 36.9 Å². The van der Waals surface area contributed by atoms with E-state index in [-0.39, 0.29) is 5.56 Å². The molecule has 0 unspecified atom stereocenters. The summed E-state index contributed by atoms with van der Waals surface area (Å²) >= 11 is 0. The van der Waals surface area contributed by atoms with Gasteiger partial charge in [-0.2, -0.15) is 0 Å². The fourth-order valence-electron chi connectivity index (χ4n) is 5.42. The first-order valence-electron chi connectivity index (χ1n) is 10.5. The highest BCUT2D eigenvalue weighted by atomic mass is 16.1. The van der Waals surface area contributed by atoms with Crippen molar-refractivity contribution < 1.29 is 0 Å². The molecule has 0 bridgehead atoms. The van der Waals surface area contributed by atoms with E-state index in [1.165, 1.54) is 0 Å². The third kappa shape index (κ3) is 1.68. The summed E-state index contributed by atoms with van der Waals surface area (Å²) in [7, 11) is 0. The molecule has 8 rings (SSSR count). The summed E-state index contributed by atoms with van der Waals surface area (Å²) < 4.78 is 3.86. The monoisotopic (exact) mass is 410 g/mol. The van der Waals surface area contributed by atoms with Crippen LogP contribution in [0.15, 0.2) is 77.6 Å². The number of rotatable bonds is 0. The van der Waals surface area contributed by atoms with Crippen LogP contribution in [0.4, 0.5) is 0 Å². The zero-order chi connectivity index (χ0) is 21.1. The summed E-state index contributed by atoms with van der Waals surface area (Å²) in [6, 6.07) is 24.0. The molecule has 0 fully saturated rings. The molecule has 5 nitrogen and oxygen atoms in total. The van der Waals surface area contributed by atoms with Crippen LogP contribution < -0.4 is 10.9 Å². The second kappa shape index (κ2) is 5.21. The Balaban J connectivity index is 1.73. The van der Waals surface area contributed by atoms with Crippen LogP contribution in [0.2, 0.25) is 0 Å². The maximum absolute atomic E-state index is 13.6. The van der Waals surface area contributed by atoms with Crippen LogP contribution in [0.25, 0.3) is 72.3 Å². The molecule has 0 saturated heterocycles. The topological polar surface area (TPSA) is 51.7 Å². The number of imidazole rings is 2. The van der Waals surface area contributed by atoms with Gasteiger partial charge in [-0.25, -0.2) is 9.97 Å². The Morgan fingerprint density at radius 3 is 1.78 bits per heavy atom. The second-order valence-corrected chi connectivity index (χ2v) is 8.34. The van der Waals surface area contributed by atoms with Gasteiger partial charge in [0.25, 0.3) is 5.56 Å². The van der Waals surface area contributed by atoms with Gasteiger partial charge in [0.2, 0.25) is 0 Å². The van der Waals surface area contributed by atoms with Gasteiger partial charge >= 0.3 is 0 Å². The minimum absolute atomic E-state index is 0.0467. The summed E-state index contributed by atoms with van der Waals surface area (Å²) in [6.07, 6.45) is 0. The van der Waals surface area contributed by atoms with Crippen molar-refractivity contribution in [1.82, 2.24) is 18.8 Å². The average molecular weight is 410 g/mol. The molecule has 0 radical (unpaired) electrons. The highest BCUT2D eigenvalue weighted by molar-refractivity contribution is 6.27.